The van der Waals surface area contributed by atoms with Gasteiger partial charge in [-0.1, -0.05) is 38.5 Å². The van der Waals surface area contributed by atoms with E-state index in [9.17, 15) is 0 Å². The summed E-state index contributed by atoms with van der Waals surface area (Å²) < 4.78 is 5.41. The number of nitrogens with one attached hydrogen (secondary N) is 1. The molecule has 1 N–H and O–H groups in total. The van der Waals surface area contributed by atoms with Crippen molar-refractivity contribution in [1.29, 1.82) is 0 Å². The van der Waals surface area contributed by atoms with Gasteiger partial charge < -0.3 is 10.1 Å². The van der Waals surface area contributed by atoms with Gasteiger partial charge in [0.15, 0.2) is 5.17 Å². The van der Waals surface area contributed by atoms with E-state index in [-0.39, 0.29) is 0 Å². The summed E-state index contributed by atoms with van der Waals surface area (Å²) in [5, 5.41) is 5.48. The van der Waals surface area contributed by atoms with Gasteiger partial charge in [-0.2, -0.15) is 0 Å². The number of thioether (sulfide) groups is 1. The van der Waals surface area contributed by atoms with E-state index in [4.69, 9.17) is 4.74 Å². The average Bonchev–Trinajstić information content (AvgIpc) is 3.01. The van der Waals surface area contributed by atoms with Gasteiger partial charge in [-0.15, -0.1) is 0 Å². The average molecular weight is 270 g/mol. The minimum absolute atomic E-state index is 0.448. The molecule has 1 aliphatic carbocycles. The Hall–Kier alpha value is -0.220. The number of hydrogen-bond donors (Lipinski definition) is 1. The van der Waals surface area contributed by atoms with E-state index in [1.807, 2.05) is 18.9 Å². The molecule has 3 unspecified atom stereocenters. The minimum atomic E-state index is 0.448. The molecule has 18 heavy (non-hydrogen) atoms. The normalized spacial score (nSPS) is 32.0. The van der Waals surface area contributed by atoms with Crippen molar-refractivity contribution in [3.63, 3.8) is 0 Å². The largest absolute Gasteiger partial charge is 0.381 e. The molecule has 0 bridgehead atoms. The Labute approximate surface area is 115 Å². The molecule has 0 saturated heterocycles. The lowest BCUT2D eigenvalue weighted by atomic mass is 9.99. The second kappa shape index (κ2) is 6.80. The predicted molar refractivity (Wildman–Crippen MR) is 79.3 cm³/mol. The molecule has 0 aromatic rings. The third-order valence-electron chi connectivity index (χ3n) is 4.30. The van der Waals surface area contributed by atoms with Gasteiger partial charge in [0, 0.05) is 18.4 Å². The summed E-state index contributed by atoms with van der Waals surface area (Å²) in [5.41, 5.74) is 0. The van der Waals surface area contributed by atoms with Crippen molar-refractivity contribution < 1.29 is 4.74 Å². The molecular weight excluding hydrogens is 244 g/mol. The zero-order valence-electron chi connectivity index (χ0n) is 11.8. The van der Waals surface area contributed by atoms with Crippen molar-refractivity contribution in [3.8, 4) is 0 Å². The molecule has 3 atom stereocenters. The monoisotopic (exact) mass is 270 g/mol. The first-order valence-corrected chi connectivity index (χ1v) is 8.15. The Kier molecular flexibility index (Phi) is 5.37. The fourth-order valence-electron chi connectivity index (χ4n) is 2.99. The molecule has 0 aromatic heterocycles. The third kappa shape index (κ3) is 3.41. The maximum Gasteiger partial charge on any atom is 0.157 e. The number of ether oxygens (including phenoxy) is 1. The van der Waals surface area contributed by atoms with E-state index in [0.29, 0.717) is 17.4 Å². The number of aliphatic imine (C=N–C) groups is 1. The summed E-state index contributed by atoms with van der Waals surface area (Å²) in [7, 11) is 1.82. The summed E-state index contributed by atoms with van der Waals surface area (Å²) in [5.74, 6) is 0.813. The molecule has 0 aromatic carbocycles. The second-order valence-corrected chi connectivity index (χ2v) is 6.62. The fraction of sp³-hybridized carbons (Fsp3) is 0.929. The molecule has 1 aliphatic heterocycles. The summed E-state index contributed by atoms with van der Waals surface area (Å²) in [6.07, 6.45) is 6.52. The third-order valence-corrected chi connectivity index (χ3v) is 5.60. The number of nitrogens with zero attached hydrogens (tertiary/aromatic N) is 1. The van der Waals surface area contributed by atoms with Gasteiger partial charge in [0.25, 0.3) is 0 Å². The van der Waals surface area contributed by atoms with Crippen LogP contribution in [0, 0.1) is 5.92 Å². The van der Waals surface area contributed by atoms with E-state index < -0.39 is 0 Å². The van der Waals surface area contributed by atoms with Gasteiger partial charge in [-0.05, 0) is 25.2 Å². The summed E-state index contributed by atoms with van der Waals surface area (Å²) in [6.45, 7) is 5.58. The zero-order chi connectivity index (χ0) is 13.0. The van der Waals surface area contributed by atoms with E-state index in [1.54, 1.807) is 0 Å². The predicted octanol–water partition coefficient (Wildman–Crippen LogP) is 3.05. The van der Waals surface area contributed by atoms with Gasteiger partial charge in [0.05, 0.1) is 12.6 Å². The first kappa shape index (κ1) is 14.2. The zero-order valence-corrected chi connectivity index (χ0v) is 12.6. The van der Waals surface area contributed by atoms with Crippen LogP contribution in [0.25, 0.3) is 0 Å². The maximum atomic E-state index is 5.41. The van der Waals surface area contributed by atoms with Gasteiger partial charge in [0.2, 0.25) is 0 Å². The van der Waals surface area contributed by atoms with Gasteiger partial charge >= 0.3 is 0 Å². The van der Waals surface area contributed by atoms with Crippen LogP contribution in [-0.2, 0) is 4.74 Å². The smallest absolute Gasteiger partial charge is 0.157 e. The number of hydrogen-bond acceptors (Lipinski definition) is 4. The standard InChI is InChI=1S/C14H26N2OS/c1-4-10(5-2)13-9-15-14(18-13)16-11-6-7-12(8-11)17-3/h10-13H,4-9H2,1-3H3,(H,15,16). The highest BCUT2D eigenvalue weighted by Crippen LogP contribution is 2.31. The molecule has 2 aliphatic rings. The minimum Gasteiger partial charge on any atom is -0.381 e. The van der Waals surface area contributed by atoms with Crippen LogP contribution in [0.15, 0.2) is 4.99 Å². The lowest BCUT2D eigenvalue weighted by Crippen LogP contribution is -2.31. The molecule has 4 heteroatoms. The lowest BCUT2D eigenvalue weighted by molar-refractivity contribution is 0.107. The maximum absolute atomic E-state index is 5.41. The highest BCUT2D eigenvalue weighted by molar-refractivity contribution is 8.14. The van der Waals surface area contributed by atoms with Crippen LogP contribution in [0.4, 0.5) is 0 Å². The van der Waals surface area contributed by atoms with Crippen LogP contribution in [0.5, 0.6) is 0 Å². The van der Waals surface area contributed by atoms with E-state index in [0.717, 1.165) is 18.9 Å². The number of rotatable bonds is 5. The summed E-state index contributed by atoms with van der Waals surface area (Å²) in [4.78, 5) is 4.68. The Morgan fingerprint density at radius 1 is 1.39 bits per heavy atom. The Bertz CT molecular complexity index is 292. The van der Waals surface area contributed by atoms with Crippen LogP contribution in [0.2, 0.25) is 0 Å². The van der Waals surface area contributed by atoms with Crippen molar-refractivity contribution in [2.45, 2.75) is 63.3 Å². The molecule has 2 rings (SSSR count). The van der Waals surface area contributed by atoms with E-state index in [1.165, 1.54) is 30.9 Å². The number of amidine groups is 1. The van der Waals surface area contributed by atoms with Crippen LogP contribution in [-0.4, -0.2) is 36.2 Å². The first-order valence-electron chi connectivity index (χ1n) is 7.27. The molecule has 0 spiro atoms. The van der Waals surface area contributed by atoms with Gasteiger partial charge in [0.1, 0.15) is 0 Å². The molecular formula is C14H26N2OS. The molecule has 104 valence electrons. The van der Waals surface area contributed by atoms with E-state index >= 15 is 0 Å². The van der Waals surface area contributed by atoms with Crippen molar-refractivity contribution in [2.75, 3.05) is 13.7 Å². The summed E-state index contributed by atoms with van der Waals surface area (Å²) >= 11 is 1.96. The van der Waals surface area contributed by atoms with Crippen LogP contribution in [0.1, 0.15) is 46.0 Å². The quantitative estimate of drug-likeness (QED) is 0.833. The van der Waals surface area contributed by atoms with Gasteiger partial charge in [-0.3, -0.25) is 4.99 Å². The summed E-state index contributed by atoms with van der Waals surface area (Å²) in [6, 6.07) is 0.571. The molecule has 1 fully saturated rings. The van der Waals surface area contributed by atoms with Crippen molar-refractivity contribution in [2.24, 2.45) is 10.9 Å². The lowest BCUT2D eigenvalue weighted by Gasteiger charge is -2.19. The highest BCUT2D eigenvalue weighted by atomic mass is 32.2. The van der Waals surface area contributed by atoms with Gasteiger partial charge in [-0.25, -0.2) is 0 Å². The molecule has 3 nitrogen and oxygen atoms in total. The Morgan fingerprint density at radius 2 is 2.17 bits per heavy atom. The Balaban J connectivity index is 1.76. The van der Waals surface area contributed by atoms with Crippen LogP contribution in [0.3, 0.4) is 0 Å². The van der Waals surface area contributed by atoms with Crippen molar-refractivity contribution in [3.05, 3.63) is 0 Å². The molecule has 1 heterocycles. The highest BCUT2D eigenvalue weighted by Gasteiger charge is 2.29. The second-order valence-electron chi connectivity index (χ2n) is 5.39. The molecule has 1 saturated carbocycles. The van der Waals surface area contributed by atoms with Crippen molar-refractivity contribution >= 4 is 16.9 Å². The number of methoxy groups -OCH3 is 1. The Morgan fingerprint density at radius 3 is 2.78 bits per heavy atom. The van der Waals surface area contributed by atoms with Crippen LogP contribution < -0.4 is 5.32 Å². The first-order chi connectivity index (χ1) is 8.76. The molecule has 0 amide bonds. The topological polar surface area (TPSA) is 33.6 Å². The van der Waals surface area contributed by atoms with E-state index in [2.05, 4.69) is 24.2 Å². The van der Waals surface area contributed by atoms with Crippen LogP contribution >= 0.6 is 11.8 Å². The fourth-order valence-corrected chi connectivity index (χ4v) is 4.39. The SMILES string of the molecule is CCC(CC)C1CN=C(NC2CCC(OC)C2)S1. The molecule has 0 radical (unpaired) electrons. The van der Waals surface area contributed by atoms with Crippen molar-refractivity contribution in [1.82, 2.24) is 5.32 Å².